The van der Waals surface area contributed by atoms with Gasteiger partial charge in [0, 0.05) is 16.5 Å². The molecule has 3 nitrogen and oxygen atoms in total. The summed E-state index contributed by atoms with van der Waals surface area (Å²) in [6.07, 6.45) is 1.80. The van der Waals surface area contributed by atoms with Gasteiger partial charge in [-0.1, -0.05) is 29.3 Å². The second kappa shape index (κ2) is 7.63. The third-order valence-corrected chi connectivity index (χ3v) is 6.28. The van der Waals surface area contributed by atoms with Crippen molar-refractivity contribution in [2.24, 2.45) is 0 Å². The first-order chi connectivity index (χ1) is 13.4. The van der Waals surface area contributed by atoms with Crippen molar-refractivity contribution >= 4 is 46.4 Å². The number of hydrogen-bond donors (Lipinski definition) is 0. The minimum Gasteiger partial charge on any atom is -0.488 e. The predicted molar refractivity (Wildman–Crippen MR) is 114 cm³/mol. The molecule has 1 aliphatic rings. The van der Waals surface area contributed by atoms with E-state index in [9.17, 15) is 4.79 Å². The van der Waals surface area contributed by atoms with Gasteiger partial charge in [0.25, 0.3) is 0 Å². The van der Waals surface area contributed by atoms with Gasteiger partial charge in [-0.05, 0) is 60.7 Å². The van der Waals surface area contributed by atoms with E-state index in [2.05, 4.69) is 0 Å². The molecule has 0 saturated carbocycles. The number of carbonyl (C=O) groups is 1. The predicted octanol–water partition coefficient (Wildman–Crippen LogP) is 6.87. The van der Waals surface area contributed by atoms with Gasteiger partial charge in [0.15, 0.2) is 5.76 Å². The van der Waals surface area contributed by atoms with Gasteiger partial charge in [-0.3, -0.25) is 4.79 Å². The zero-order valence-electron chi connectivity index (χ0n) is 15.2. The molecule has 1 aliphatic heterocycles. The Kier molecular flexibility index (Phi) is 5.19. The molecular weight excluding hydrogens is 415 g/mol. The molecule has 0 aliphatic carbocycles. The van der Waals surface area contributed by atoms with Gasteiger partial charge in [-0.2, -0.15) is 0 Å². The van der Waals surface area contributed by atoms with Crippen molar-refractivity contribution in [3.63, 3.8) is 0 Å². The summed E-state index contributed by atoms with van der Waals surface area (Å²) in [6, 6.07) is 10.9. The third kappa shape index (κ3) is 3.55. The van der Waals surface area contributed by atoms with Crippen LogP contribution in [-0.2, 0) is 6.61 Å². The van der Waals surface area contributed by atoms with Crippen LogP contribution >= 0.6 is 34.5 Å². The van der Waals surface area contributed by atoms with Crippen molar-refractivity contribution < 1.29 is 14.3 Å². The van der Waals surface area contributed by atoms with E-state index in [1.165, 1.54) is 0 Å². The Balaban J connectivity index is 1.57. The van der Waals surface area contributed by atoms with Gasteiger partial charge in [-0.25, -0.2) is 0 Å². The van der Waals surface area contributed by atoms with Crippen molar-refractivity contribution in [1.82, 2.24) is 0 Å². The molecule has 142 valence electrons. The van der Waals surface area contributed by atoms with E-state index in [4.69, 9.17) is 32.7 Å². The number of allylic oxidation sites excluding steroid dienone is 1. The molecule has 3 aromatic rings. The van der Waals surface area contributed by atoms with Crippen molar-refractivity contribution in [1.29, 1.82) is 0 Å². The van der Waals surface area contributed by atoms with Gasteiger partial charge < -0.3 is 9.47 Å². The maximum absolute atomic E-state index is 12.7. The van der Waals surface area contributed by atoms with Crippen molar-refractivity contribution in [3.05, 3.63) is 84.7 Å². The Morgan fingerprint density at radius 1 is 1.11 bits per heavy atom. The highest BCUT2D eigenvalue weighted by Gasteiger charge is 2.30. The summed E-state index contributed by atoms with van der Waals surface area (Å²) in [6.45, 7) is 4.23. The van der Waals surface area contributed by atoms with Crippen LogP contribution in [0.1, 0.15) is 31.9 Å². The molecule has 0 atom stereocenters. The number of fused-ring (bicyclic) bond motifs is 1. The molecule has 2 heterocycles. The number of thiophene rings is 1. The normalized spacial score (nSPS) is 14.3. The van der Waals surface area contributed by atoms with Crippen LogP contribution in [0.5, 0.6) is 11.5 Å². The van der Waals surface area contributed by atoms with Crippen LogP contribution in [0.15, 0.2) is 47.5 Å². The molecule has 0 fully saturated rings. The molecule has 6 heteroatoms. The fraction of sp³-hybridized carbons (Fsp3) is 0.136. The van der Waals surface area contributed by atoms with Crippen LogP contribution in [0.25, 0.3) is 6.08 Å². The van der Waals surface area contributed by atoms with E-state index in [0.29, 0.717) is 39.5 Å². The monoisotopic (exact) mass is 430 g/mol. The summed E-state index contributed by atoms with van der Waals surface area (Å²) < 4.78 is 11.8. The molecule has 0 unspecified atom stereocenters. The van der Waals surface area contributed by atoms with E-state index in [-0.39, 0.29) is 5.78 Å². The lowest BCUT2D eigenvalue weighted by molar-refractivity contribution is 0.101. The van der Waals surface area contributed by atoms with Gasteiger partial charge in [-0.15, -0.1) is 11.3 Å². The van der Waals surface area contributed by atoms with Gasteiger partial charge in [0.1, 0.15) is 18.1 Å². The zero-order chi connectivity index (χ0) is 19.8. The van der Waals surface area contributed by atoms with Crippen LogP contribution in [0.2, 0.25) is 10.0 Å². The molecule has 0 amide bonds. The molecular formula is C22H16Cl2O3S. The Bertz CT molecular complexity index is 1110. The number of rotatable bonds is 4. The first-order valence-corrected chi connectivity index (χ1v) is 10.3. The van der Waals surface area contributed by atoms with Crippen LogP contribution in [0, 0.1) is 13.8 Å². The second-order valence-electron chi connectivity index (χ2n) is 6.51. The highest BCUT2D eigenvalue weighted by atomic mass is 35.5. The maximum atomic E-state index is 12.7. The molecule has 2 aromatic carbocycles. The van der Waals surface area contributed by atoms with E-state index >= 15 is 0 Å². The van der Waals surface area contributed by atoms with Crippen molar-refractivity contribution in [3.8, 4) is 11.5 Å². The Labute approximate surface area is 177 Å². The lowest BCUT2D eigenvalue weighted by Crippen LogP contribution is -1.98. The van der Waals surface area contributed by atoms with Crippen LogP contribution in [-0.4, -0.2) is 5.78 Å². The second-order valence-corrected chi connectivity index (χ2v) is 8.27. The molecule has 4 rings (SSSR count). The summed E-state index contributed by atoms with van der Waals surface area (Å²) in [5, 5.41) is 2.99. The number of Topliss-reactive ketones (excluding diaryl/α,β-unsaturated/α-hetero) is 1. The summed E-state index contributed by atoms with van der Waals surface area (Å²) in [4.78, 5) is 13.7. The van der Waals surface area contributed by atoms with Crippen molar-refractivity contribution in [2.75, 3.05) is 0 Å². The van der Waals surface area contributed by atoms with E-state index in [0.717, 1.165) is 21.6 Å². The largest absolute Gasteiger partial charge is 0.488 e. The summed E-state index contributed by atoms with van der Waals surface area (Å²) >= 11 is 13.6. The van der Waals surface area contributed by atoms with Gasteiger partial charge in [0.05, 0.1) is 15.6 Å². The highest BCUT2D eigenvalue weighted by Crippen LogP contribution is 2.40. The SMILES string of the molecule is Cc1ccsc1/C=C1\Oc2c(ccc(OCc3ccc(Cl)c(Cl)c3)c2C)C1=O. The number of ketones is 1. The first-order valence-electron chi connectivity index (χ1n) is 8.62. The minimum atomic E-state index is -0.109. The zero-order valence-corrected chi connectivity index (χ0v) is 17.5. The quantitative estimate of drug-likeness (QED) is 0.423. The smallest absolute Gasteiger partial charge is 0.232 e. The Hall–Kier alpha value is -2.27. The molecule has 0 N–H and O–H groups in total. The van der Waals surface area contributed by atoms with Crippen molar-refractivity contribution in [2.45, 2.75) is 20.5 Å². The summed E-state index contributed by atoms with van der Waals surface area (Å²) in [5.41, 5.74) is 3.37. The molecule has 28 heavy (non-hydrogen) atoms. The summed E-state index contributed by atoms with van der Waals surface area (Å²) in [5.74, 6) is 1.44. The average molecular weight is 431 g/mol. The van der Waals surface area contributed by atoms with E-state index < -0.39 is 0 Å². The number of hydrogen-bond acceptors (Lipinski definition) is 4. The molecule has 0 spiro atoms. The summed E-state index contributed by atoms with van der Waals surface area (Å²) in [7, 11) is 0. The number of benzene rings is 2. The maximum Gasteiger partial charge on any atom is 0.232 e. The fourth-order valence-electron chi connectivity index (χ4n) is 2.97. The van der Waals surface area contributed by atoms with Crippen LogP contribution < -0.4 is 9.47 Å². The Morgan fingerprint density at radius 2 is 1.93 bits per heavy atom. The number of halogens is 2. The molecule has 1 aromatic heterocycles. The standard InChI is InChI=1S/C22H16Cl2O3S/c1-12-7-8-28-20(12)10-19-21(25)15-4-6-18(13(2)22(15)27-19)26-11-14-3-5-16(23)17(24)9-14/h3-10H,11H2,1-2H3/b19-10-. The van der Waals surface area contributed by atoms with Crippen LogP contribution in [0.3, 0.4) is 0 Å². The first kappa shape index (κ1) is 19.1. The lowest BCUT2D eigenvalue weighted by atomic mass is 10.1. The minimum absolute atomic E-state index is 0.109. The molecule has 0 saturated heterocycles. The lowest BCUT2D eigenvalue weighted by Gasteiger charge is -2.12. The highest BCUT2D eigenvalue weighted by molar-refractivity contribution is 7.11. The molecule has 0 bridgehead atoms. The van der Waals surface area contributed by atoms with Crippen LogP contribution in [0.4, 0.5) is 0 Å². The van der Waals surface area contributed by atoms with E-state index in [1.54, 1.807) is 41.7 Å². The Morgan fingerprint density at radius 3 is 2.64 bits per heavy atom. The van der Waals surface area contributed by atoms with Gasteiger partial charge >= 0.3 is 0 Å². The molecule has 0 radical (unpaired) electrons. The number of ether oxygens (including phenoxy) is 2. The average Bonchev–Trinajstić information content (AvgIpc) is 3.22. The fourth-order valence-corrected chi connectivity index (χ4v) is 4.13. The topological polar surface area (TPSA) is 35.5 Å². The van der Waals surface area contributed by atoms with Gasteiger partial charge in [0.2, 0.25) is 5.78 Å². The van der Waals surface area contributed by atoms with E-state index in [1.807, 2.05) is 31.4 Å². The number of aryl methyl sites for hydroxylation is 1. The third-order valence-electron chi connectivity index (χ3n) is 4.58. The number of carbonyl (C=O) groups excluding carboxylic acids is 1.